The molecule has 0 N–H and O–H groups in total. The second-order valence-corrected chi connectivity index (χ2v) is 6.78. The Kier molecular flexibility index (Phi) is 6.06. The summed E-state index contributed by atoms with van der Waals surface area (Å²) in [4.78, 5) is 22.1. The van der Waals surface area contributed by atoms with Gasteiger partial charge in [-0.2, -0.15) is 18.2 Å². The van der Waals surface area contributed by atoms with E-state index in [0.29, 0.717) is 31.7 Å². The first-order valence-electron chi connectivity index (χ1n) is 9.03. The van der Waals surface area contributed by atoms with Crippen LogP contribution in [0, 0.1) is 0 Å². The highest BCUT2D eigenvalue weighted by Gasteiger charge is 2.43. The van der Waals surface area contributed by atoms with Crippen molar-refractivity contribution >= 4 is 5.91 Å². The number of carbonyl (C=O) groups excluding carboxylic acids is 1. The molecule has 11 heteroatoms. The fraction of sp³-hybridized carbons (Fsp3) is 0.556. The lowest BCUT2D eigenvalue weighted by molar-refractivity contribution is -0.145. The molecule has 0 radical (unpaired) electrons. The first kappa shape index (κ1) is 21.0. The molecule has 0 saturated carbocycles. The Bertz CT molecular complexity index is 820. The molecule has 8 nitrogen and oxygen atoms in total. The number of ether oxygens (including phenoxy) is 2. The molecule has 3 heterocycles. The van der Waals surface area contributed by atoms with E-state index in [4.69, 9.17) is 14.0 Å². The van der Waals surface area contributed by atoms with E-state index in [0.717, 1.165) is 0 Å². The minimum absolute atomic E-state index is 0.00833. The molecule has 1 atom stereocenters. The van der Waals surface area contributed by atoms with Gasteiger partial charge in [0, 0.05) is 39.2 Å². The second kappa shape index (κ2) is 8.36. The number of hydrogen-bond donors (Lipinski definition) is 0. The van der Waals surface area contributed by atoms with Crippen LogP contribution in [0.5, 0.6) is 5.75 Å². The molecule has 3 rings (SSSR count). The summed E-state index contributed by atoms with van der Waals surface area (Å²) in [6.07, 6.45) is -2.68. The standard InChI is InChI=1S/C18H21F3N4O4/c1-12(28-13-4-3-7-22-11-13)15(26)25-8-5-17(27-2,6-9-25)16-23-14(24-29-16)10-18(19,20)21/h3-4,7,11-12H,5-6,8-10H2,1-2H3/t12-/m1/s1. The predicted octanol–water partition coefficient (Wildman–Crippen LogP) is 2.50. The number of nitrogens with zero attached hydrogens (tertiary/aromatic N) is 4. The predicted molar refractivity (Wildman–Crippen MR) is 92.9 cm³/mol. The van der Waals surface area contributed by atoms with Gasteiger partial charge in [0.05, 0.1) is 6.20 Å². The Balaban J connectivity index is 1.62. The van der Waals surface area contributed by atoms with Gasteiger partial charge in [0.25, 0.3) is 11.8 Å². The summed E-state index contributed by atoms with van der Waals surface area (Å²) in [5, 5.41) is 3.41. The molecule has 1 fully saturated rings. The summed E-state index contributed by atoms with van der Waals surface area (Å²) in [6, 6.07) is 3.41. The largest absolute Gasteiger partial charge is 0.479 e. The first-order chi connectivity index (χ1) is 13.7. The van der Waals surface area contributed by atoms with Crippen molar-refractivity contribution in [2.24, 2.45) is 0 Å². The number of amides is 1. The van der Waals surface area contributed by atoms with E-state index in [1.807, 2.05) is 0 Å². The third kappa shape index (κ3) is 5.03. The van der Waals surface area contributed by atoms with Crippen LogP contribution < -0.4 is 4.74 Å². The number of carbonyl (C=O) groups is 1. The monoisotopic (exact) mass is 414 g/mol. The summed E-state index contributed by atoms with van der Waals surface area (Å²) in [6.45, 7) is 2.27. The van der Waals surface area contributed by atoms with Crippen LogP contribution in [-0.4, -0.2) is 58.4 Å². The lowest BCUT2D eigenvalue weighted by Crippen LogP contribution is -2.49. The van der Waals surface area contributed by atoms with Gasteiger partial charge in [0.15, 0.2) is 11.9 Å². The van der Waals surface area contributed by atoms with E-state index in [1.165, 1.54) is 13.3 Å². The van der Waals surface area contributed by atoms with E-state index >= 15 is 0 Å². The Labute approximate surface area is 165 Å². The van der Waals surface area contributed by atoms with Crippen LogP contribution >= 0.6 is 0 Å². The molecule has 1 saturated heterocycles. The molecule has 0 spiro atoms. The maximum atomic E-state index is 12.7. The zero-order valence-electron chi connectivity index (χ0n) is 16.0. The second-order valence-electron chi connectivity index (χ2n) is 6.78. The molecule has 0 aromatic carbocycles. The van der Waals surface area contributed by atoms with E-state index in [-0.39, 0.29) is 11.8 Å². The van der Waals surface area contributed by atoms with Crippen molar-refractivity contribution in [3.8, 4) is 5.75 Å². The number of halogens is 3. The number of hydrogen-bond acceptors (Lipinski definition) is 7. The summed E-state index contributed by atoms with van der Waals surface area (Å²) >= 11 is 0. The van der Waals surface area contributed by atoms with Gasteiger partial charge in [-0.1, -0.05) is 5.16 Å². The summed E-state index contributed by atoms with van der Waals surface area (Å²) in [5.74, 6) is -0.173. The SMILES string of the molecule is COC1(c2nc(CC(F)(F)F)no2)CCN(C(=O)[C@@H](C)Oc2cccnc2)CC1. The van der Waals surface area contributed by atoms with Crippen LogP contribution in [0.15, 0.2) is 29.0 Å². The van der Waals surface area contributed by atoms with Crippen molar-refractivity contribution in [2.45, 2.75) is 44.1 Å². The lowest BCUT2D eigenvalue weighted by Gasteiger charge is -2.39. The van der Waals surface area contributed by atoms with E-state index < -0.39 is 30.1 Å². The van der Waals surface area contributed by atoms with Crippen molar-refractivity contribution < 1.29 is 32.0 Å². The number of methoxy groups -OCH3 is 1. The molecule has 1 aliphatic heterocycles. The molecule has 0 aliphatic carbocycles. The highest BCUT2D eigenvalue weighted by molar-refractivity contribution is 5.81. The Morgan fingerprint density at radius 2 is 2.10 bits per heavy atom. The molecule has 2 aromatic heterocycles. The third-order valence-electron chi connectivity index (χ3n) is 4.78. The fourth-order valence-electron chi connectivity index (χ4n) is 3.21. The maximum absolute atomic E-state index is 12.7. The smallest absolute Gasteiger partial charge is 0.396 e. The van der Waals surface area contributed by atoms with Crippen LogP contribution in [0.3, 0.4) is 0 Å². The van der Waals surface area contributed by atoms with Crippen LogP contribution in [0.2, 0.25) is 0 Å². The number of aromatic nitrogens is 3. The molecule has 0 bridgehead atoms. The Hall–Kier alpha value is -2.69. The van der Waals surface area contributed by atoms with E-state index in [2.05, 4.69) is 15.1 Å². The van der Waals surface area contributed by atoms with Crippen LogP contribution in [0.1, 0.15) is 31.5 Å². The zero-order valence-corrected chi connectivity index (χ0v) is 16.0. The molecule has 1 aliphatic rings. The van der Waals surface area contributed by atoms with Crippen LogP contribution in [0.4, 0.5) is 13.2 Å². The average Bonchev–Trinajstić information content (AvgIpc) is 3.15. The fourth-order valence-corrected chi connectivity index (χ4v) is 3.21. The van der Waals surface area contributed by atoms with Gasteiger partial charge in [0.2, 0.25) is 0 Å². The maximum Gasteiger partial charge on any atom is 0.396 e. The van der Waals surface area contributed by atoms with E-state index in [9.17, 15) is 18.0 Å². The molecule has 29 heavy (non-hydrogen) atoms. The van der Waals surface area contributed by atoms with Crippen molar-refractivity contribution in [1.29, 1.82) is 0 Å². The molecule has 2 aromatic rings. The molecule has 1 amide bonds. The van der Waals surface area contributed by atoms with Crippen molar-refractivity contribution in [3.05, 3.63) is 36.2 Å². The lowest BCUT2D eigenvalue weighted by atomic mass is 9.90. The Morgan fingerprint density at radius 1 is 1.38 bits per heavy atom. The molecule has 0 unspecified atom stereocenters. The molecular formula is C18H21F3N4O4. The Morgan fingerprint density at radius 3 is 2.69 bits per heavy atom. The van der Waals surface area contributed by atoms with Gasteiger partial charge in [-0.05, 0) is 19.1 Å². The molecule has 158 valence electrons. The number of likely N-dealkylation sites (tertiary alicyclic amines) is 1. The van der Waals surface area contributed by atoms with Crippen molar-refractivity contribution in [2.75, 3.05) is 20.2 Å². The highest BCUT2D eigenvalue weighted by Crippen LogP contribution is 2.36. The van der Waals surface area contributed by atoms with E-state index in [1.54, 1.807) is 30.2 Å². The quantitative estimate of drug-likeness (QED) is 0.717. The van der Waals surface area contributed by atoms with Crippen LogP contribution in [0.25, 0.3) is 0 Å². The summed E-state index contributed by atoms with van der Waals surface area (Å²) in [7, 11) is 1.43. The van der Waals surface area contributed by atoms with Gasteiger partial charge in [-0.3, -0.25) is 9.78 Å². The van der Waals surface area contributed by atoms with Gasteiger partial charge in [-0.15, -0.1) is 0 Å². The van der Waals surface area contributed by atoms with Gasteiger partial charge < -0.3 is 18.9 Å². The van der Waals surface area contributed by atoms with Crippen molar-refractivity contribution in [3.63, 3.8) is 0 Å². The number of alkyl halides is 3. The molecular weight excluding hydrogens is 393 g/mol. The first-order valence-corrected chi connectivity index (χ1v) is 9.03. The van der Waals surface area contributed by atoms with Gasteiger partial charge >= 0.3 is 6.18 Å². The number of rotatable bonds is 6. The average molecular weight is 414 g/mol. The summed E-state index contributed by atoms with van der Waals surface area (Å²) < 4.78 is 53.8. The zero-order chi connectivity index (χ0) is 21.1. The van der Waals surface area contributed by atoms with Gasteiger partial charge in [-0.25, -0.2) is 0 Å². The van der Waals surface area contributed by atoms with Gasteiger partial charge in [0.1, 0.15) is 17.8 Å². The van der Waals surface area contributed by atoms with Crippen molar-refractivity contribution in [1.82, 2.24) is 20.0 Å². The van der Waals surface area contributed by atoms with Crippen LogP contribution in [-0.2, 0) is 21.6 Å². The minimum Gasteiger partial charge on any atom is -0.479 e. The number of pyridine rings is 1. The minimum atomic E-state index is -4.43. The number of piperidine rings is 1. The topological polar surface area (TPSA) is 90.6 Å². The third-order valence-corrected chi connectivity index (χ3v) is 4.78. The normalized spacial score (nSPS) is 17.8. The summed E-state index contributed by atoms with van der Waals surface area (Å²) in [5.41, 5.74) is -1.03. The highest BCUT2D eigenvalue weighted by atomic mass is 19.4.